The molecular formula is C17H20O6S. The van der Waals surface area contributed by atoms with E-state index in [0.29, 0.717) is 5.75 Å². The zero-order valence-corrected chi connectivity index (χ0v) is 14.6. The van der Waals surface area contributed by atoms with Crippen LogP contribution in [0.1, 0.15) is 13.8 Å². The Morgan fingerprint density at radius 3 is 2.17 bits per heavy atom. The van der Waals surface area contributed by atoms with E-state index in [1.165, 1.54) is 6.08 Å². The summed E-state index contributed by atoms with van der Waals surface area (Å²) < 4.78 is 14.7. The number of thioether (sulfide) groups is 1. The Labute approximate surface area is 145 Å². The molecule has 1 aromatic carbocycles. The van der Waals surface area contributed by atoms with Gasteiger partial charge in [0, 0.05) is 4.90 Å². The minimum Gasteiger partial charge on any atom is -0.502 e. The third-order valence-corrected chi connectivity index (χ3v) is 3.67. The molecule has 0 heterocycles. The van der Waals surface area contributed by atoms with E-state index in [-0.39, 0.29) is 18.1 Å². The first-order valence-electron chi connectivity index (χ1n) is 7.28. The fourth-order valence-electron chi connectivity index (χ4n) is 1.54. The number of allylic oxidation sites excluding steroid dienone is 2. The highest BCUT2D eigenvalue weighted by molar-refractivity contribution is 8.04. The van der Waals surface area contributed by atoms with Crippen LogP contribution in [0.15, 0.2) is 52.0 Å². The lowest BCUT2D eigenvalue weighted by atomic mass is 10.3. The van der Waals surface area contributed by atoms with Gasteiger partial charge in [-0.1, -0.05) is 11.8 Å². The summed E-state index contributed by atoms with van der Waals surface area (Å²) in [6.45, 7) is 3.68. The summed E-state index contributed by atoms with van der Waals surface area (Å²) in [6, 6.07) is 7.09. The van der Waals surface area contributed by atoms with Crippen LogP contribution in [-0.4, -0.2) is 37.4 Å². The van der Waals surface area contributed by atoms with Crippen LogP contribution in [0.3, 0.4) is 0 Å². The molecule has 0 saturated carbocycles. The molecule has 0 aliphatic heterocycles. The van der Waals surface area contributed by atoms with E-state index in [9.17, 15) is 14.7 Å². The smallest absolute Gasteiger partial charge is 0.373 e. The van der Waals surface area contributed by atoms with Gasteiger partial charge in [-0.15, -0.1) is 0 Å². The Bertz CT molecular complexity index is 618. The molecule has 1 aromatic rings. The monoisotopic (exact) mass is 352 g/mol. The van der Waals surface area contributed by atoms with Gasteiger partial charge in [-0.25, -0.2) is 9.59 Å². The van der Waals surface area contributed by atoms with E-state index < -0.39 is 17.7 Å². The van der Waals surface area contributed by atoms with Crippen LogP contribution in [0.5, 0.6) is 5.75 Å². The minimum absolute atomic E-state index is 0.145. The highest BCUT2D eigenvalue weighted by Gasteiger charge is 2.13. The Hall–Kier alpha value is -2.41. The lowest BCUT2D eigenvalue weighted by molar-refractivity contribution is -0.141. The summed E-state index contributed by atoms with van der Waals surface area (Å²) >= 11 is 1.15. The van der Waals surface area contributed by atoms with Crippen molar-refractivity contribution in [2.75, 3.05) is 20.3 Å². The van der Waals surface area contributed by atoms with Crippen molar-refractivity contribution in [1.29, 1.82) is 0 Å². The minimum atomic E-state index is -0.855. The van der Waals surface area contributed by atoms with Crippen molar-refractivity contribution < 1.29 is 28.9 Å². The molecule has 0 bridgehead atoms. The number of carbonyl (C=O) groups is 2. The van der Waals surface area contributed by atoms with Gasteiger partial charge >= 0.3 is 11.9 Å². The number of aliphatic hydroxyl groups excluding tert-OH is 1. The molecule has 0 fully saturated rings. The maximum Gasteiger partial charge on any atom is 0.373 e. The Kier molecular flexibility index (Phi) is 8.49. The molecule has 1 rings (SSSR count). The van der Waals surface area contributed by atoms with Gasteiger partial charge in [-0.3, -0.25) is 0 Å². The fourth-order valence-corrected chi connectivity index (χ4v) is 2.35. The first kappa shape index (κ1) is 19.6. The normalized spacial score (nSPS) is 11.8. The van der Waals surface area contributed by atoms with Gasteiger partial charge in [0.25, 0.3) is 0 Å². The topological polar surface area (TPSA) is 82.1 Å². The molecule has 0 spiro atoms. The first-order chi connectivity index (χ1) is 11.5. The molecule has 0 unspecified atom stereocenters. The third-order valence-electron chi connectivity index (χ3n) is 2.64. The molecule has 0 amide bonds. The summed E-state index contributed by atoms with van der Waals surface area (Å²) in [6.07, 6.45) is 2.43. The first-order valence-corrected chi connectivity index (χ1v) is 8.10. The molecule has 7 heteroatoms. The number of hydrogen-bond donors (Lipinski definition) is 1. The summed E-state index contributed by atoms with van der Waals surface area (Å²) in [7, 11) is 1.56. The van der Waals surface area contributed by atoms with E-state index >= 15 is 0 Å². The van der Waals surface area contributed by atoms with Gasteiger partial charge in [0.2, 0.25) is 5.76 Å². The van der Waals surface area contributed by atoms with Crippen LogP contribution >= 0.6 is 11.8 Å². The zero-order valence-electron chi connectivity index (χ0n) is 13.8. The number of hydrogen-bond acceptors (Lipinski definition) is 7. The van der Waals surface area contributed by atoms with Crippen molar-refractivity contribution in [3.05, 3.63) is 47.1 Å². The second-order valence-corrected chi connectivity index (χ2v) is 5.42. The Morgan fingerprint density at radius 2 is 1.62 bits per heavy atom. The van der Waals surface area contributed by atoms with Gasteiger partial charge in [0.05, 0.1) is 25.2 Å². The molecule has 0 saturated heterocycles. The highest BCUT2D eigenvalue weighted by Crippen LogP contribution is 2.29. The average molecular weight is 352 g/mol. The number of carbonyl (C=O) groups excluding carboxylic acids is 2. The van der Waals surface area contributed by atoms with Crippen molar-refractivity contribution in [2.24, 2.45) is 0 Å². The fraction of sp³-hybridized carbons (Fsp3) is 0.294. The molecule has 0 radical (unpaired) electrons. The molecule has 0 aromatic heterocycles. The van der Waals surface area contributed by atoms with Gasteiger partial charge in [-0.2, -0.15) is 0 Å². The van der Waals surface area contributed by atoms with Crippen molar-refractivity contribution in [1.82, 2.24) is 0 Å². The largest absolute Gasteiger partial charge is 0.502 e. The number of methoxy groups -OCH3 is 1. The van der Waals surface area contributed by atoms with E-state index in [2.05, 4.69) is 4.74 Å². The van der Waals surface area contributed by atoms with Crippen LogP contribution in [0.25, 0.3) is 0 Å². The van der Waals surface area contributed by atoms with Crippen LogP contribution in [-0.2, 0) is 19.1 Å². The Balaban J connectivity index is 2.98. The standard InChI is InChI=1S/C17H20O6S/c1-4-22-16(19)14(18)10-11-15(17(20)23-5-2)24-13-8-6-12(21-3)7-9-13/h6-11,18H,4-5H2,1-3H3. The van der Waals surface area contributed by atoms with Crippen LogP contribution in [0, 0.1) is 0 Å². The Morgan fingerprint density at radius 1 is 1.04 bits per heavy atom. The lowest BCUT2D eigenvalue weighted by Gasteiger charge is -2.07. The van der Waals surface area contributed by atoms with Gasteiger partial charge in [0.1, 0.15) is 5.75 Å². The zero-order chi connectivity index (χ0) is 17.9. The maximum atomic E-state index is 12.0. The average Bonchev–Trinajstić information content (AvgIpc) is 2.59. The van der Waals surface area contributed by atoms with E-state index in [1.54, 1.807) is 45.2 Å². The second kappa shape index (κ2) is 10.4. The van der Waals surface area contributed by atoms with Crippen LogP contribution < -0.4 is 4.74 Å². The summed E-state index contributed by atoms with van der Waals surface area (Å²) in [5.74, 6) is -1.30. The summed E-state index contributed by atoms with van der Waals surface area (Å²) in [5.41, 5.74) is 0. The summed E-state index contributed by atoms with van der Waals surface area (Å²) in [4.78, 5) is 24.4. The molecule has 1 N–H and O–H groups in total. The summed E-state index contributed by atoms with van der Waals surface area (Å²) in [5, 5.41) is 9.61. The molecule has 24 heavy (non-hydrogen) atoms. The van der Waals surface area contributed by atoms with E-state index in [4.69, 9.17) is 9.47 Å². The predicted molar refractivity (Wildman–Crippen MR) is 90.9 cm³/mol. The van der Waals surface area contributed by atoms with Gasteiger partial charge < -0.3 is 19.3 Å². The molecule has 6 nitrogen and oxygen atoms in total. The van der Waals surface area contributed by atoms with Crippen LogP contribution in [0.4, 0.5) is 0 Å². The van der Waals surface area contributed by atoms with Crippen LogP contribution in [0.2, 0.25) is 0 Å². The quantitative estimate of drug-likeness (QED) is 0.253. The van der Waals surface area contributed by atoms with Gasteiger partial charge in [-0.05, 0) is 50.3 Å². The molecule has 130 valence electrons. The predicted octanol–water partition coefficient (Wildman–Crippen LogP) is 3.24. The number of aliphatic hydroxyl groups is 1. The number of ether oxygens (including phenoxy) is 3. The third kappa shape index (κ3) is 6.37. The molecule has 0 atom stereocenters. The molecule has 0 aliphatic carbocycles. The number of esters is 2. The molecule has 0 aliphatic rings. The maximum absolute atomic E-state index is 12.0. The van der Waals surface area contributed by atoms with Crippen molar-refractivity contribution in [2.45, 2.75) is 18.7 Å². The van der Waals surface area contributed by atoms with Crippen molar-refractivity contribution >= 4 is 23.7 Å². The second-order valence-electron chi connectivity index (χ2n) is 4.30. The van der Waals surface area contributed by atoms with E-state index in [0.717, 1.165) is 22.7 Å². The molecular weight excluding hydrogens is 332 g/mol. The lowest BCUT2D eigenvalue weighted by Crippen LogP contribution is -2.07. The number of benzene rings is 1. The number of rotatable bonds is 8. The SMILES string of the molecule is CCOC(=O)C(O)=CC=C(Sc1ccc(OC)cc1)C(=O)OCC. The van der Waals surface area contributed by atoms with Crippen molar-refractivity contribution in [3.63, 3.8) is 0 Å². The van der Waals surface area contributed by atoms with E-state index in [1.807, 2.05) is 0 Å². The van der Waals surface area contributed by atoms with Gasteiger partial charge in [0.15, 0.2) is 0 Å². The highest BCUT2D eigenvalue weighted by atomic mass is 32.2. The van der Waals surface area contributed by atoms with Crippen molar-refractivity contribution in [3.8, 4) is 5.75 Å².